The maximum atomic E-state index is 13.4. The van der Waals surface area contributed by atoms with Crippen LogP contribution in [0.5, 0.6) is 0 Å². The third kappa shape index (κ3) is 4.19. The van der Waals surface area contributed by atoms with E-state index in [1.54, 1.807) is 13.8 Å². The van der Waals surface area contributed by atoms with Crippen molar-refractivity contribution in [3.05, 3.63) is 52.3 Å². The second kappa shape index (κ2) is 7.96. The zero-order valence-electron chi connectivity index (χ0n) is 18.0. The summed E-state index contributed by atoms with van der Waals surface area (Å²) in [7, 11) is 0. The fourth-order valence-electron chi connectivity index (χ4n) is 4.25. The number of rotatable bonds is 4. The van der Waals surface area contributed by atoms with Crippen LogP contribution < -0.4 is 16.4 Å². The number of nitrogens with zero attached hydrogens (tertiary/aromatic N) is 2. The van der Waals surface area contributed by atoms with Crippen LogP contribution in [-0.2, 0) is 23.8 Å². The van der Waals surface area contributed by atoms with Crippen LogP contribution in [0.1, 0.15) is 54.4 Å². The minimum Gasteiger partial charge on any atom is -0.398 e. The Morgan fingerprint density at radius 2 is 1.84 bits per heavy atom. The third-order valence-electron chi connectivity index (χ3n) is 5.67. The minimum absolute atomic E-state index is 0.0850. The molecule has 2 aromatic carbocycles. The average Bonchev–Trinajstić information content (AvgIpc) is 3.18. The number of nitrogens with two attached hydrogens (primary N) is 1. The number of fused-ring (bicyclic) bond motifs is 3. The molecule has 9 heteroatoms. The van der Waals surface area contributed by atoms with Gasteiger partial charge in [-0.3, -0.25) is 4.79 Å². The smallest absolute Gasteiger partial charge is 0.398 e. The topological polar surface area (TPSA) is 92.9 Å². The molecular formula is C23H24F3N5O. The van der Waals surface area contributed by atoms with E-state index in [1.807, 2.05) is 6.07 Å². The molecule has 4 N–H and O–H groups in total. The molecule has 32 heavy (non-hydrogen) atoms. The summed E-state index contributed by atoms with van der Waals surface area (Å²) in [5, 5.41) is 6.42. The summed E-state index contributed by atoms with van der Waals surface area (Å²) in [6.45, 7) is 4.78. The standard InChI is InChI=1S/C23H24F3N5O/c1-11(14-7-15(23(24,25)26)9-16(8-14)31-13(3)32)28-22-19-10-20(27)17-5-4-6-18(17)21(19)29-12(2)30-22/h7-11H,4-6,27H2,1-3H3,(H,31,32)(H,28,29,30). The van der Waals surface area contributed by atoms with Crippen molar-refractivity contribution >= 4 is 34.0 Å². The SMILES string of the molecule is CC(=O)Nc1cc(C(C)Nc2nc(C)nc3c4c(c(N)cc23)CCC4)cc(C(F)(F)F)c1. The summed E-state index contributed by atoms with van der Waals surface area (Å²) in [4.78, 5) is 20.5. The Kier molecular flexibility index (Phi) is 5.44. The van der Waals surface area contributed by atoms with E-state index in [1.165, 1.54) is 13.0 Å². The number of aromatic nitrogens is 2. The predicted octanol–water partition coefficient (Wildman–Crippen LogP) is 5.16. The molecule has 168 valence electrons. The maximum Gasteiger partial charge on any atom is 0.416 e. The Morgan fingerprint density at radius 3 is 2.53 bits per heavy atom. The van der Waals surface area contributed by atoms with Crippen molar-refractivity contribution in [1.29, 1.82) is 0 Å². The highest BCUT2D eigenvalue weighted by molar-refractivity contribution is 5.95. The van der Waals surface area contributed by atoms with Gasteiger partial charge in [-0.05, 0) is 74.1 Å². The van der Waals surface area contributed by atoms with E-state index in [-0.39, 0.29) is 5.69 Å². The van der Waals surface area contributed by atoms with Gasteiger partial charge < -0.3 is 16.4 Å². The molecule has 0 saturated heterocycles. The molecule has 0 spiro atoms. The molecule has 3 aromatic rings. The number of halogens is 3. The van der Waals surface area contributed by atoms with Crippen molar-refractivity contribution in [2.75, 3.05) is 16.4 Å². The molecule has 1 atom stereocenters. The Labute approximate surface area is 183 Å². The van der Waals surface area contributed by atoms with Gasteiger partial charge in [-0.15, -0.1) is 0 Å². The number of alkyl halides is 3. The molecule has 4 rings (SSSR count). The van der Waals surface area contributed by atoms with Crippen molar-refractivity contribution in [2.24, 2.45) is 0 Å². The summed E-state index contributed by atoms with van der Waals surface area (Å²) in [6.07, 6.45) is -1.74. The summed E-state index contributed by atoms with van der Waals surface area (Å²) >= 11 is 0. The predicted molar refractivity (Wildman–Crippen MR) is 118 cm³/mol. The molecule has 0 saturated carbocycles. The Balaban J connectivity index is 1.77. The fourth-order valence-corrected chi connectivity index (χ4v) is 4.25. The van der Waals surface area contributed by atoms with E-state index in [4.69, 9.17) is 5.73 Å². The second-order valence-corrected chi connectivity index (χ2v) is 8.18. The van der Waals surface area contributed by atoms with Gasteiger partial charge in [-0.2, -0.15) is 13.2 Å². The van der Waals surface area contributed by atoms with Crippen LogP contribution in [0.3, 0.4) is 0 Å². The lowest BCUT2D eigenvalue weighted by Gasteiger charge is -2.20. The van der Waals surface area contributed by atoms with Crippen LogP contribution in [0.25, 0.3) is 10.9 Å². The van der Waals surface area contributed by atoms with E-state index >= 15 is 0 Å². The van der Waals surface area contributed by atoms with Crippen LogP contribution in [0.2, 0.25) is 0 Å². The molecule has 0 bridgehead atoms. The summed E-state index contributed by atoms with van der Waals surface area (Å²) in [5.74, 6) is 0.631. The number of amides is 1. The molecule has 1 aromatic heterocycles. The fraction of sp³-hybridized carbons (Fsp3) is 0.348. The number of hydrogen-bond acceptors (Lipinski definition) is 5. The Bertz CT molecular complexity index is 1220. The molecule has 1 heterocycles. The number of carbonyl (C=O) groups excluding carboxylic acids is 1. The van der Waals surface area contributed by atoms with Crippen molar-refractivity contribution in [3.63, 3.8) is 0 Å². The van der Waals surface area contributed by atoms with Gasteiger partial charge in [0.15, 0.2) is 0 Å². The number of hydrogen-bond donors (Lipinski definition) is 3. The summed E-state index contributed by atoms with van der Waals surface area (Å²) in [5.41, 5.74) is 9.63. The highest BCUT2D eigenvalue weighted by atomic mass is 19.4. The van der Waals surface area contributed by atoms with Gasteiger partial charge in [-0.1, -0.05) is 0 Å². The van der Waals surface area contributed by atoms with E-state index in [0.29, 0.717) is 22.9 Å². The van der Waals surface area contributed by atoms with Crippen LogP contribution in [0.15, 0.2) is 24.3 Å². The largest absolute Gasteiger partial charge is 0.416 e. The van der Waals surface area contributed by atoms with Crippen molar-refractivity contribution in [1.82, 2.24) is 9.97 Å². The molecule has 1 aliphatic rings. The van der Waals surface area contributed by atoms with Gasteiger partial charge in [0, 0.05) is 23.7 Å². The normalized spacial score (nSPS) is 14.3. The number of nitrogens with one attached hydrogen (secondary N) is 2. The van der Waals surface area contributed by atoms with Gasteiger partial charge in [0.05, 0.1) is 17.1 Å². The lowest BCUT2D eigenvalue weighted by molar-refractivity contribution is -0.137. The summed E-state index contributed by atoms with van der Waals surface area (Å²) in [6, 6.07) is 4.83. The van der Waals surface area contributed by atoms with Gasteiger partial charge in [0.25, 0.3) is 0 Å². The monoisotopic (exact) mass is 443 g/mol. The number of nitrogen functional groups attached to an aromatic ring is 1. The summed E-state index contributed by atoms with van der Waals surface area (Å²) < 4.78 is 40.3. The Morgan fingerprint density at radius 1 is 1.12 bits per heavy atom. The van der Waals surface area contributed by atoms with Gasteiger partial charge >= 0.3 is 6.18 Å². The molecule has 0 aliphatic heterocycles. The molecule has 0 fully saturated rings. The molecule has 1 unspecified atom stereocenters. The Hall–Kier alpha value is -3.36. The molecule has 1 amide bonds. The maximum absolute atomic E-state index is 13.4. The lowest BCUT2D eigenvalue weighted by Crippen LogP contribution is -2.14. The highest BCUT2D eigenvalue weighted by Gasteiger charge is 2.32. The zero-order chi connectivity index (χ0) is 23.2. The zero-order valence-corrected chi connectivity index (χ0v) is 18.0. The second-order valence-electron chi connectivity index (χ2n) is 8.18. The van der Waals surface area contributed by atoms with E-state index in [9.17, 15) is 18.0 Å². The van der Waals surface area contributed by atoms with Gasteiger partial charge in [-0.25, -0.2) is 9.97 Å². The van der Waals surface area contributed by atoms with E-state index in [2.05, 4.69) is 20.6 Å². The molecule has 6 nitrogen and oxygen atoms in total. The van der Waals surface area contributed by atoms with Crippen molar-refractivity contribution < 1.29 is 18.0 Å². The van der Waals surface area contributed by atoms with Gasteiger partial charge in [0.1, 0.15) is 11.6 Å². The third-order valence-corrected chi connectivity index (χ3v) is 5.67. The van der Waals surface area contributed by atoms with Crippen LogP contribution >= 0.6 is 0 Å². The van der Waals surface area contributed by atoms with E-state index < -0.39 is 23.7 Å². The number of benzene rings is 2. The van der Waals surface area contributed by atoms with Crippen LogP contribution in [0, 0.1) is 6.92 Å². The number of anilines is 3. The van der Waals surface area contributed by atoms with Crippen molar-refractivity contribution in [2.45, 2.75) is 52.3 Å². The van der Waals surface area contributed by atoms with Crippen molar-refractivity contribution in [3.8, 4) is 0 Å². The minimum atomic E-state index is -4.55. The van der Waals surface area contributed by atoms with Crippen LogP contribution in [0.4, 0.5) is 30.4 Å². The van der Waals surface area contributed by atoms with Crippen LogP contribution in [-0.4, -0.2) is 15.9 Å². The number of aryl methyl sites for hydroxylation is 2. The van der Waals surface area contributed by atoms with E-state index in [0.717, 1.165) is 53.4 Å². The molecule has 1 aliphatic carbocycles. The number of carbonyl (C=O) groups is 1. The van der Waals surface area contributed by atoms with Gasteiger partial charge in [0.2, 0.25) is 5.91 Å². The first-order valence-corrected chi connectivity index (χ1v) is 10.4. The highest BCUT2D eigenvalue weighted by Crippen LogP contribution is 2.38. The first-order valence-electron chi connectivity index (χ1n) is 10.4. The molecule has 0 radical (unpaired) electrons. The first kappa shape index (κ1) is 21.9. The first-order chi connectivity index (χ1) is 15.0. The molecular weight excluding hydrogens is 419 g/mol. The average molecular weight is 443 g/mol. The quantitative estimate of drug-likeness (QED) is 0.485. The lowest BCUT2D eigenvalue weighted by atomic mass is 10.0.